The first-order valence-electron chi connectivity index (χ1n) is 7.10. The van der Waals surface area contributed by atoms with E-state index in [0.717, 1.165) is 25.8 Å². The van der Waals surface area contributed by atoms with Gasteiger partial charge >= 0.3 is 5.97 Å². The molecule has 1 aromatic carbocycles. The molecule has 0 bridgehead atoms. The van der Waals surface area contributed by atoms with Gasteiger partial charge in [-0.15, -0.1) is 0 Å². The van der Waals surface area contributed by atoms with Gasteiger partial charge in [0.15, 0.2) is 5.75 Å². The van der Waals surface area contributed by atoms with E-state index >= 15 is 0 Å². The number of benzene rings is 1. The van der Waals surface area contributed by atoms with Gasteiger partial charge in [0.1, 0.15) is 6.61 Å². The molecule has 1 atom stereocenters. The zero-order valence-electron chi connectivity index (χ0n) is 11.7. The summed E-state index contributed by atoms with van der Waals surface area (Å²) in [5.41, 5.74) is 0. The number of ether oxygens (including phenoxy) is 1. The predicted octanol–water partition coefficient (Wildman–Crippen LogP) is 3.70. The standard InChI is InChI=1S/C15H19Cl2NO3/c16-12-5-3-6-13(17)15(12)21-9-8-18-7-2-1-4-11(18)10-14(19)20/h3,5-6,11H,1-2,4,7-10H2,(H,19,20). The van der Waals surface area contributed by atoms with E-state index in [4.69, 9.17) is 33.0 Å². The molecule has 21 heavy (non-hydrogen) atoms. The van der Waals surface area contributed by atoms with Crippen molar-refractivity contribution in [3.8, 4) is 5.75 Å². The normalized spacial score (nSPS) is 19.4. The van der Waals surface area contributed by atoms with E-state index in [-0.39, 0.29) is 12.5 Å². The average molecular weight is 332 g/mol. The molecule has 116 valence electrons. The second-order valence-electron chi connectivity index (χ2n) is 5.18. The SMILES string of the molecule is O=C(O)CC1CCCCN1CCOc1c(Cl)cccc1Cl. The van der Waals surface area contributed by atoms with Crippen molar-refractivity contribution in [1.82, 2.24) is 4.90 Å². The molecule has 0 radical (unpaired) electrons. The minimum atomic E-state index is -0.748. The number of hydrogen-bond acceptors (Lipinski definition) is 3. The number of carboxylic acids is 1. The Bertz CT molecular complexity index is 476. The maximum atomic E-state index is 10.9. The predicted molar refractivity (Wildman–Crippen MR) is 83.4 cm³/mol. The molecule has 1 heterocycles. The lowest BCUT2D eigenvalue weighted by Gasteiger charge is -2.34. The summed E-state index contributed by atoms with van der Waals surface area (Å²) in [7, 11) is 0. The van der Waals surface area contributed by atoms with Crippen molar-refractivity contribution < 1.29 is 14.6 Å². The van der Waals surface area contributed by atoms with Crippen LogP contribution in [-0.4, -0.2) is 41.7 Å². The van der Waals surface area contributed by atoms with E-state index in [9.17, 15) is 4.79 Å². The Balaban J connectivity index is 1.87. The molecule has 1 unspecified atom stereocenters. The van der Waals surface area contributed by atoms with Crippen molar-refractivity contribution in [2.45, 2.75) is 31.7 Å². The molecule has 0 saturated carbocycles. The molecule has 1 N–H and O–H groups in total. The minimum absolute atomic E-state index is 0.0987. The molecule has 1 fully saturated rings. The largest absolute Gasteiger partial charge is 0.489 e. The number of carbonyl (C=O) groups is 1. The van der Waals surface area contributed by atoms with Gasteiger partial charge in [0.2, 0.25) is 0 Å². The number of hydrogen-bond donors (Lipinski definition) is 1. The van der Waals surface area contributed by atoms with Crippen LogP contribution in [0.25, 0.3) is 0 Å². The number of aliphatic carboxylic acids is 1. The first-order chi connectivity index (χ1) is 10.1. The number of nitrogens with zero attached hydrogens (tertiary/aromatic N) is 1. The van der Waals surface area contributed by atoms with Crippen molar-refractivity contribution in [3.63, 3.8) is 0 Å². The number of piperidine rings is 1. The van der Waals surface area contributed by atoms with Crippen molar-refractivity contribution in [2.24, 2.45) is 0 Å². The summed E-state index contributed by atoms with van der Waals surface area (Å²) in [5, 5.41) is 9.95. The summed E-state index contributed by atoms with van der Waals surface area (Å²) >= 11 is 12.1. The Morgan fingerprint density at radius 1 is 1.33 bits per heavy atom. The molecule has 1 aliphatic heterocycles. The van der Waals surface area contributed by atoms with Gasteiger partial charge in [-0.25, -0.2) is 0 Å². The van der Waals surface area contributed by atoms with Gasteiger partial charge in [-0.3, -0.25) is 9.69 Å². The molecule has 4 nitrogen and oxygen atoms in total. The van der Waals surface area contributed by atoms with E-state index in [2.05, 4.69) is 4.90 Å². The highest BCUT2D eigenvalue weighted by atomic mass is 35.5. The Morgan fingerprint density at radius 3 is 2.71 bits per heavy atom. The molecular weight excluding hydrogens is 313 g/mol. The molecule has 1 aliphatic rings. The Kier molecular flexibility index (Phi) is 6.15. The van der Waals surface area contributed by atoms with E-state index in [0.29, 0.717) is 28.9 Å². The van der Waals surface area contributed by atoms with Crippen LogP contribution in [0, 0.1) is 0 Å². The van der Waals surface area contributed by atoms with Gasteiger partial charge in [0, 0.05) is 12.6 Å². The highest BCUT2D eigenvalue weighted by Gasteiger charge is 2.24. The monoisotopic (exact) mass is 331 g/mol. The van der Waals surface area contributed by atoms with Crippen LogP contribution < -0.4 is 4.74 Å². The molecule has 1 aromatic rings. The van der Waals surface area contributed by atoms with Crippen molar-refractivity contribution >= 4 is 29.2 Å². The third-order valence-corrected chi connectivity index (χ3v) is 4.30. The molecule has 0 aromatic heterocycles. The van der Waals surface area contributed by atoms with Gasteiger partial charge < -0.3 is 9.84 Å². The lowest BCUT2D eigenvalue weighted by Crippen LogP contribution is -2.42. The van der Waals surface area contributed by atoms with Crippen LogP contribution in [0.3, 0.4) is 0 Å². The number of likely N-dealkylation sites (tertiary alicyclic amines) is 1. The van der Waals surface area contributed by atoms with Gasteiger partial charge in [0.05, 0.1) is 16.5 Å². The topological polar surface area (TPSA) is 49.8 Å². The van der Waals surface area contributed by atoms with Crippen LogP contribution in [0.2, 0.25) is 10.0 Å². The minimum Gasteiger partial charge on any atom is -0.489 e. The average Bonchev–Trinajstić information content (AvgIpc) is 2.43. The molecule has 2 rings (SSSR count). The van der Waals surface area contributed by atoms with Crippen LogP contribution >= 0.6 is 23.2 Å². The zero-order valence-corrected chi connectivity index (χ0v) is 13.2. The molecule has 1 saturated heterocycles. The summed E-state index contributed by atoms with van der Waals surface area (Å²) in [4.78, 5) is 13.1. The number of rotatable bonds is 6. The first-order valence-corrected chi connectivity index (χ1v) is 7.86. The fourth-order valence-electron chi connectivity index (χ4n) is 2.67. The summed E-state index contributed by atoms with van der Waals surface area (Å²) in [5.74, 6) is -0.255. The van der Waals surface area contributed by atoms with Gasteiger partial charge in [-0.05, 0) is 31.5 Å². The van der Waals surface area contributed by atoms with E-state index in [1.165, 1.54) is 0 Å². The van der Waals surface area contributed by atoms with Crippen LogP contribution in [0.1, 0.15) is 25.7 Å². The highest BCUT2D eigenvalue weighted by molar-refractivity contribution is 6.37. The van der Waals surface area contributed by atoms with Gasteiger partial charge in [-0.2, -0.15) is 0 Å². The maximum absolute atomic E-state index is 10.9. The third kappa shape index (κ3) is 4.77. The summed E-state index contributed by atoms with van der Waals surface area (Å²) in [6.07, 6.45) is 3.31. The quantitative estimate of drug-likeness (QED) is 0.863. The number of carboxylic acid groups (broad SMARTS) is 1. The van der Waals surface area contributed by atoms with Crippen LogP contribution in [0.5, 0.6) is 5.75 Å². The lowest BCUT2D eigenvalue weighted by molar-refractivity contribution is -0.138. The molecule has 6 heteroatoms. The molecular formula is C15H19Cl2NO3. The zero-order chi connectivity index (χ0) is 15.2. The summed E-state index contributed by atoms with van der Waals surface area (Å²) in [6.45, 7) is 2.04. The van der Waals surface area contributed by atoms with Crippen LogP contribution in [0.15, 0.2) is 18.2 Å². The number of halogens is 2. The maximum Gasteiger partial charge on any atom is 0.304 e. The Morgan fingerprint density at radius 2 is 2.05 bits per heavy atom. The van der Waals surface area contributed by atoms with Crippen molar-refractivity contribution in [2.75, 3.05) is 19.7 Å². The van der Waals surface area contributed by atoms with E-state index in [1.54, 1.807) is 18.2 Å². The second-order valence-corrected chi connectivity index (χ2v) is 6.00. The Labute approximate surface area is 134 Å². The van der Waals surface area contributed by atoms with Crippen LogP contribution in [-0.2, 0) is 4.79 Å². The smallest absolute Gasteiger partial charge is 0.304 e. The fourth-order valence-corrected chi connectivity index (χ4v) is 3.18. The fraction of sp³-hybridized carbons (Fsp3) is 0.533. The van der Waals surface area contributed by atoms with Gasteiger partial charge in [-0.1, -0.05) is 35.7 Å². The molecule has 0 spiro atoms. The third-order valence-electron chi connectivity index (χ3n) is 3.70. The summed E-state index contributed by atoms with van der Waals surface area (Å²) < 4.78 is 5.67. The lowest BCUT2D eigenvalue weighted by atomic mass is 9.99. The summed E-state index contributed by atoms with van der Waals surface area (Å²) in [6, 6.07) is 5.33. The van der Waals surface area contributed by atoms with Crippen molar-refractivity contribution in [3.05, 3.63) is 28.2 Å². The van der Waals surface area contributed by atoms with Crippen molar-refractivity contribution in [1.29, 1.82) is 0 Å². The molecule has 0 amide bonds. The van der Waals surface area contributed by atoms with E-state index < -0.39 is 5.97 Å². The second kappa shape index (κ2) is 7.87. The molecule has 0 aliphatic carbocycles. The highest BCUT2D eigenvalue weighted by Crippen LogP contribution is 2.32. The van der Waals surface area contributed by atoms with Crippen LogP contribution in [0.4, 0.5) is 0 Å². The number of para-hydroxylation sites is 1. The van der Waals surface area contributed by atoms with Gasteiger partial charge in [0.25, 0.3) is 0 Å². The van der Waals surface area contributed by atoms with E-state index in [1.807, 2.05) is 0 Å². The Hall–Kier alpha value is -0.970. The first kappa shape index (κ1) is 16.4.